The predicted molar refractivity (Wildman–Crippen MR) is 68.9 cm³/mol. The maximum Gasteiger partial charge on any atom is 0.0854 e. The van der Waals surface area contributed by atoms with Crippen molar-refractivity contribution in [1.82, 2.24) is 5.32 Å². The topological polar surface area (TPSA) is 56.5 Å². The van der Waals surface area contributed by atoms with Gasteiger partial charge in [-0.3, -0.25) is 0 Å². The summed E-state index contributed by atoms with van der Waals surface area (Å²) in [5.74, 6) is 0.649. The molecule has 2 atom stereocenters. The number of rotatable bonds is 10. The van der Waals surface area contributed by atoms with Gasteiger partial charge in [0.1, 0.15) is 0 Å². The molecule has 0 aliphatic carbocycles. The SMILES string of the molecule is COCC(C)(OC)[Si]CC(C)CNCCN. The smallest absolute Gasteiger partial charge is 0.0854 e. The van der Waals surface area contributed by atoms with Crippen molar-refractivity contribution in [3.8, 4) is 0 Å². The van der Waals surface area contributed by atoms with E-state index in [2.05, 4.69) is 19.2 Å². The molecule has 0 fully saturated rings. The average molecular weight is 246 g/mol. The molecule has 3 N–H and O–H groups in total. The Balaban J connectivity index is 3.74. The molecule has 2 unspecified atom stereocenters. The first-order valence-corrected chi connectivity index (χ1v) is 6.98. The summed E-state index contributed by atoms with van der Waals surface area (Å²) in [6.07, 6.45) is 0. The zero-order valence-corrected chi connectivity index (χ0v) is 12.0. The van der Waals surface area contributed by atoms with Crippen molar-refractivity contribution in [2.45, 2.75) is 25.1 Å². The molecular weight excluding hydrogens is 220 g/mol. The third-order valence-corrected chi connectivity index (χ3v) is 4.51. The Hall–Kier alpha value is 0.0569. The zero-order chi connectivity index (χ0) is 12.4. The lowest BCUT2D eigenvalue weighted by molar-refractivity contribution is 0.00569. The van der Waals surface area contributed by atoms with Gasteiger partial charge in [-0.15, -0.1) is 0 Å². The fraction of sp³-hybridized carbons (Fsp3) is 1.00. The highest BCUT2D eigenvalue weighted by atomic mass is 28.2. The van der Waals surface area contributed by atoms with Crippen molar-refractivity contribution in [2.24, 2.45) is 11.7 Å². The van der Waals surface area contributed by atoms with Crippen LogP contribution < -0.4 is 11.1 Å². The summed E-state index contributed by atoms with van der Waals surface area (Å²) in [4.78, 5) is 0. The molecule has 0 saturated heterocycles. The Morgan fingerprint density at radius 3 is 2.62 bits per heavy atom. The maximum absolute atomic E-state index is 5.50. The van der Waals surface area contributed by atoms with E-state index >= 15 is 0 Å². The molecule has 4 nitrogen and oxygen atoms in total. The van der Waals surface area contributed by atoms with Gasteiger partial charge in [0.25, 0.3) is 0 Å². The largest absolute Gasteiger partial charge is 0.382 e. The van der Waals surface area contributed by atoms with Gasteiger partial charge in [-0.25, -0.2) is 0 Å². The van der Waals surface area contributed by atoms with Crippen LogP contribution in [0.5, 0.6) is 0 Å². The fourth-order valence-corrected chi connectivity index (χ4v) is 2.69. The molecule has 0 aliphatic rings. The molecule has 2 radical (unpaired) electrons. The maximum atomic E-state index is 5.50. The van der Waals surface area contributed by atoms with Crippen LogP contribution in [0.1, 0.15) is 13.8 Å². The first-order valence-electron chi connectivity index (χ1n) is 5.78. The van der Waals surface area contributed by atoms with Gasteiger partial charge in [-0.2, -0.15) is 0 Å². The number of methoxy groups -OCH3 is 2. The predicted octanol–water partition coefficient (Wildman–Crippen LogP) is 0.302. The van der Waals surface area contributed by atoms with E-state index < -0.39 is 0 Å². The molecule has 5 heteroatoms. The molecule has 0 aromatic heterocycles. The van der Waals surface area contributed by atoms with Gasteiger partial charge >= 0.3 is 0 Å². The first kappa shape index (κ1) is 16.1. The summed E-state index contributed by atoms with van der Waals surface area (Å²) < 4.78 is 10.7. The Bertz CT molecular complexity index is 172. The van der Waals surface area contributed by atoms with E-state index in [1.165, 1.54) is 0 Å². The Labute approximate surface area is 102 Å². The lowest BCUT2D eigenvalue weighted by Crippen LogP contribution is -2.41. The van der Waals surface area contributed by atoms with Gasteiger partial charge in [0, 0.05) is 27.3 Å². The van der Waals surface area contributed by atoms with Crippen molar-refractivity contribution < 1.29 is 9.47 Å². The lowest BCUT2D eigenvalue weighted by Gasteiger charge is -2.27. The highest BCUT2D eigenvalue weighted by molar-refractivity contribution is 6.39. The fourth-order valence-electron chi connectivity index (χ4n) is 1.37. The first-order chi connectivity index (χ1) is 7.58. The molecule has 16 heavy (non-hydrogen) atoms. The van der Waals surface area contributed by atoms with Crippen molar-refractivity contribution in [1.29, 1.82) is 0 Å². The molecule has 0 spiro atoms. The van der Waals surface area contributed by atoms with Crippen molar-refractivity contribution in [3.05, 3.63) is 0 Å². The molecule has 0 amide bonds. The minimum atomic E-state index is -0.128. The minimum absolute atomic E-state index is 0.128. The van der Waals surface area contributed by atoms with E-state index in [-0.39, 0.29) is 5.22 Å². The van der Waals surface area contributed by atoms with Gasteiger partial charge in [0.15, 0.2) is 0 Å². The van der Waals surface area contributed by atoms with Gasteiger partial charge in [-0.05, 0) is 19.4 Å². The van der Waals surface area contributed by atoms with Gasteiger partial charge in [-0.1, -0.05) is 13.0 Å². The number of hydrogen-bond acceptors (Lipinski definition) is 4. The Kier molecular flexibility index (Phi) is 9.16. The Morgan fingerprint density at radius 2 is 2.12 bits per heavy atom. The number of nitrogens with two attached hydrogens (primary N) is 1. The van der Waals surface area contributed by atoms with E-state index in [0.717, 1.165) is 28.7 Å². The van der Waals surface area contributed by atoms with Crippen molar-refractivity contribution in [2.75, 3.05) is 40.5 Å². The molecule has 96 valence electrons. The molecule has 0 aromatic rings. The monoisotopic (exact) mass is 246 g/mol. The summed E-state index contributed by atoms with van der Waals surface area (Å²) in [6.45, 7) is 7.64. The van der Waals surface area contributed by atoms with Gasteiger partial charge < -0.3 is 20.5 Å². The van der Waals surface area contributed by atoms with E-state index in [1.807, 2.05) is 0 Å². The second-order valence-electron chi connectivity index (χ2n) is 4.35. The third-order valence-electron chi connectivity index (χ3n) is 2.51. The van der Waals surface area contributed by atoms with Crippen LogP contribution in [0.15, 0.2) is 0 Å². The van der Waals surface area contributed by atoms with E-state index in [9.17, 15) is 0 Å². The molecule has 0 rings (SSSR count). The molecule has 0 saturated carbocycles. The zero-order valence-electron chi connectivity index (χ0n) is 11.0. The van der Waals surface area contributed by atoms with Crippen molar-refractivity contribution in [3.63, 3.8) is 0 Å². The van der Waals surface area contributed by atoms with Crippen LogP contribution in [0.25, 0.3) is 0 Å². The van der Waals surface area contributed by atoms with Crippen LogP contribution in [0.4, 0.5) is 0 Å². The summed E-state index contributed by atoms with van der Waals surface area (Å²) in [7, 11) is 4.23. The highest BCUT2D eigenvalue weighted by Crippen LogP contribution is 2.13. The average Bonchev–Trinajstić information content (AvgIpc) is 2.27. The summed E-state index contributed by atoms with van der Waals surface area (Å²) in [5.41, 5.74) is 5.42. The number of ether oxygens (including phenoxy) is 2. The van der Waals surface area contributed by atoms with E-state index in [0.29, 0.717) is 19.1 Å². The van der Waals surface area contributed by atoms with Crippen LogP contribution in [0.3, 0.4) is 0 Å². The molecule has 0 aliphatic heterocycles. The van der Waals surface area contributed by atoms with Crippen LogP contribution >= 0.6 is 0 Å². The lowest BCUT2D eigenvalue weighted by atomic mass is 10.2. The molecule has 0 bridgehead atoms. The van der Waals surface area contributed by atoms with Crippen molar-refractivity contribution >= 4 is 9.52 Å². The van der Waals surface area contributed by atoms with Crippen LogP contribution in [0, 0.1) is 5.92 Å². The second kappa shape index (κ2) is 9.12. The van der Waals surface area contributed by atoms with E-state index in [4.69, 9.17) is 15.2 Å². The molecular formula is C11H26N2O2Si. The van der Waals surface area contributed by atoms with Gasteiger partial charge in [0.2, 0.25) is 0 Å². The van der Waals surface area contributed by atoms with E-state index in [1.54, 1.807) is 14.2 Å². The minimum Gasteiger partial charge on any atom is -0.382 e. The molecule has 0 aromatic carbocycles. The summed E-state index contributed by atoms with van der Waals surface area (Å²) in [5, 5.41) is 3.20. The second-order valence-corrected chi connectivity index (χ2v) is 6.17. The summed E-state index contributed by atoms with van der Waals surface area (Å²) >= 11 is 0. The van der Waals surface area contributed by atoms with Crippen LogP contribution in [-0.2, 0) is 9.47 Å². The van der Waals surface area contributed by atoms with Crippen LogP contribution in [-0.4, -0.2) is 55.2 Å². The number of nitrogens with one attached hydrogen (secondary N) is 1. The van der Waals surface area contributed by atoms with Gasteiger partial charge in [0.05, 0.1) is 21.4 Å². The third kappa shape index (κ3) is 7.35. The Morgan fingerprint density at radius 1 is 1.44 bits per heavy atom. The highest BCUT2D eigenvalue weighted by Gasteiger charge is 2.24. The summed E-state index contributed by atoms with van der Waals surface area (Å²) in [6, 6.07) is 1.16. The van der Waals surface area contributed by atoms with Crippen LogP contribution in [0.2, 0.25) is 6.04 Å². The number of hydrogen-bond donors (Lipinski definition) is 2. The quantitative estimate of drug-likeness (QED) is 0.430. The molecule has 0 heterocycles. The normalized spacial score (nSPS) is 17.1. The standard InChI is InChI=1S/C11H26N2O2Si/c1-10(7-13-6-5-12)8-16-11(2,15-4)9-14-3/h10,13H,5-9,12H2,1-4H3.